The number of hydrogen-bond donors (Lipinski definition) is 2. The number of likely N-dealkylation sites (N-methyl/N-ethyl adjacent to an activating group) is 1. The van der Waals surface area contributed by atoms with Crippen LogP contribution in [0.5, 0.6) is 17.2 Å². The van der Waals surface area contributed by atoms with Crippen LogP contribution in [0.4, 0.5) is 0 Å². The Bertz CT molecular complexity index is 881. The number of nitrogens with one attached hydrogen (secondary N) is 2. The maximum atomic E-state index is 12.8. The number of carbonyl (C=O) groups is 1. The molecule has 2 aliphatic rings. The van der Waals surface area contributed by atoms with Gasteiger partial charge in [0.25, 0.3) is 5.91 Å². The van der Waals surface area contributed by atoms with Gasteiger partial charge in [-0.2, -0.15) is 0 Å². The average Bonchev–Trinajstić information content (AvgIpc) is 3.22. The molecule has 7 nitrogen and oxygen atoms in total. The van der Waals surface area contributed by atoms with E-state index in [1.807, 2.05) is 29.2 Å². The molecule has 0 aromatic heterocycles. The lowest BCUT2D eigenvalue weighted by atomic mass is 10.1. The van der Waals surface area contributed by atoms with Crippen molar-refractivity contribution in [1.82, 2.24) is 4.90 Å². The molecule has 7 heteroatoms. The van der Waals surface area contributed by atoms with Crippen molar-refractivity contribution in [2.45, 2.75) is 13.1 Å². The van der Waals surface area contributed by atoms with Crippen LogP contribution >= 0.6 is 0 Å². The van der Waals surface area contributed by atoms with Gasteiger partial charge in [0, 0.05) is 11.1 Å². The molecule has 1 amide bonds. The summed E-state index contributed by atoms with van der Waals surface area (Å²) in [6, 6.07) is 14.2. The highest BCUT2D eigenvalue weighted by atomic mass is 16.7. The van der Waals surface area contributed by atoms with Gasteiger partial charge < -0.3 is 28.9 Å². The van der Waals surface area contributed by atoms with Crippen molar-refractivity contribution in [1.29, 1.82) is 0 Å². The molecule has 1 fully saturated rings. The summed E-state index contributed by atoms with van der Waals surface area (Å²) >= 11 is 0. The van der Waals surface area contributed by atoms with Crippen molar-refractivity contribution in [3.05, 3.63) is 53.6 Å². The second kappa shape index (κ2) is 9.36. The normalized spacial score (nSPS) is 17.1. The Kier molecular flexibility index (Phi) is 6.40. The molecule has 0 saturated carbocycles. The summed E-state index contributed by atoms with van der Waals surface area (Å²) in [6.45, 7) is 6.12. The van der Waals surface area contributed by atoms with Crippen LogP contribution in [0, 0.1) is 0 Å². The third-order valence-electron chi connectivity index (χ3n) is 5.81. The molecule has 0 aliphatic carbocycles. The zero-order chi connectivity index (χ0) is 20.9. The Labute approximate surface area is 177 Å². The second-order valence-electron chi connectivity index (χ2n) is 8.16. The summed E-state index contributed by atoms with van der Waals surface area (Å²) in [6.07, 6.45) is 0. The molecule has 0 spiro atoms. The van der Waals surface area contributed by atoms with Gasteiger partial charge in [0.15, 0.2) is 18.0 Å². The number of nitrogens with zero attached hydrogens (tertiary/aromatic N) is 1. The quantitative estimate of drug-likeness (QED) is 0.635. The van der Waals surface area contributed by atoms with Gasteiger partial charge in [0.05, 0.1) is 40.3 Å². The first-order valence-electron chi connectivity index (χ1n) is 10.5. The number of rotatable bonds is 7. The Morgan fingerprint density at radius 1 is 1.10 bits per heavy atom. The fourth-order valence-electron chi connectivity index (χ4n) is 4.15. The summed E-state index contributed by atoms with van der Waals surface area (Å²) in [5.74, 6) is 2.75. The van der Waals surface area contributed by atoms with Crippen LogP contribution in [0.1, 0.15) is 11.1 Å². The summed E-state index contributed by atoms with van der Waals surface area (Å²) < 4.78 is 16.1. The van der Waals surface area contributed by atoms with Gasteiger partial charge in [-0.1, -0.05) is 12.1 Å². The van der Waals surface area contributed by atoms with E-state index in [4.69, 9.17) is 14.2 Å². The molecular weight excluding hydrogens is 382 g/mol. The van der Waals surface area contributed by atoms with Gasteiger partial charge in [-0.3, -0.25) is 4.79 Å². The number of hydrogen-bond acceptors (Lipinski definition) is 4. The van der Waals surface area contributed by atoms with Gasteiger partial charge in [0.2, 0.25) is 6.79 Å². The maximum Gasteiger partial charge on any atom is 0.278 e. The van der Waals surface area contributed by atoms with Crippen LogP contribution in [0.25, 0.3) is 0 Å². The van der Waals surface area contributed by atoms with E-state index < -0.39 is 0 Å². The molecule has 2 N–H and O–H groups in total. The van der Waals surface area contributed by atoms with Crippen LogP contribution in [0.15, 0.2) is 42.5 Å². The smallest absolute Gasteiger partial charge is 0.278 e. The van der Waals surface area contributed by atoms with E-state index in [0.717, 1.165) is 56.5 Å². The number of piperazine rings is 1. The molecule has 1 atom stereocenters. The molecular formula is C23H31N3O4+2. The highest BCUT2D eigenvalue weighted by molar-refractivity contribution is 5.77. The van der Waals surface area contributed by atoms with Gasteiger partial charge >= 0.3 is 0 Å². The van der Waals surface area contributed by atoms with E-state index >= 15 is 0 Å². The lowest BCUT2D eigenvalue weighted by molar-refractivity contribution is -0.918. The van der Waals surface area contributed by atoms with Crippen molar-refractivity contribution < 1.29 is 28.8 Å². The third-order valence-corrected chi connectivity index (χ3v) is 5.81. The van der Waals surface area contributed by atoms with E-state index in [-0.39, 0.29) is 5.91 Å². The lowest BCUT2D eigenvalue weighted by Gasteiger charge is -2.32. The molecule has 30 heavy (non-hydrogen) atoms. The molecule has 160 valence electrons. The number of amides is 1. The number of carbonyl (C=O) groups excluding carboxylic acids is 1. The van der Waals surface area contributed by atoms with Gasteiger partial charge in [-0.15, -0.1) is 0 Å². The van der Waals surface area contributed by atoms with Crippen molar-refractivity contribution in [2.24, 2.45) is 0 Å². The minimum absolute atomic E-state index is 0.234. The predicted molar refractivity (Wildman–Crippen MR) is 112 cm³/mol. The van der Waals surface area contributed by atoms with E-state index in [1.54, 1.807) is 7.11 Å². The Hall–Kier alpha value is -2.77. The van der Waals surface area contributed by atoms with Crippen molar-refractivity contribution >= 4 is 5.91 Å². The standard InChI is InChI=1S/C23H29N3O4/c1-24(14-18-4-3-5-20(12-18)28-2)16-23(27)26-10-8-25(9-11-26)15-19-6-7-21-22(13-19)30-17-29-21/h3-7,12-13H,8-11,14-17H2,1-2H3/p+2. The van der Waals surface area contributed by atoms with Gasteiger partial charge in [-0.25, -0.2) is 0 Å². The van der Waals surface area contributed by atoms with Crippen LogP contribution in [-0.4, -0.2) is 64.5 Å². The topological polar surface area (TPSA) is 56.9 Å². The first-order chi connectivity index (χ1) is 14.6. The number of ether oxygens (including phenoxy) is 3. The molecule has 2 heterocycles. The van der Waals surface area contributed by atoms with E-state index in [9.17, 15) is 4.79 Å². The Balaban J connectivity index is 1.23. The van der Waals surface area contributed by atoms with Crippen LogP contribution < -0.4 is 24.0 Å². The van der Waals surface area contributed by atoms with Crippen molar-refractivity contribution in [2.75, 3.05) is 53.7 Å². The molecule has 4 rings (SSSR count). The summed E-state index contributed by atoms with van der Waals surface area (Å²) in [7, 11) is 3.74. The molecule has 1 saturated heterocycles. The molecule has 1 unspecified atom stereocenters. The fourth-order valence-corrected chi connectivity index (χ4v) is 4.15. The number of fused-ring (bicyclic) bond motifs is 1. The average molecular weight is 414 g/mol. The number of benzene rings is 2. The summed E-state index contributed by atoms with van der Waals surface area (Å²) in [4.78, 5) is 17.4. The first-order valence-corrected chi connectivity index (χ1v) is 10.5. The Morgan fingerprint density at radius 3 is 2.70 bits per heavy atom. The molecule has 2 aromatic carbocycles. The van der Waals surface area contributed by atoms with Crippen LogP contribution in [-0.2, 0) is 17.9 Å². The maximum absolute atomic E-state index is 12.8. The van der Waals surface area contributed by atoms with Crippen LogP contribution in [0.2, 0.25) is 0 Å². The molecule has 0 bridgehead atoms. The van der Waals surface area contributed by atoms with Gasteiger partial charge in [-0.05, 0) is 30.3 Å². The minimum Gasteiger partial charge on any atom is -0.497 e. The molecule has 2 aliphatic heterocycles. The SMILES string of the molecule is COc1cccc(C[NH+](C)CC(=O)N2CC[NH+](Cc3ccc4c(c3)OCO4)CC2)c1. The highest BCUT2D eigenvalue weighted by Crippen LogP contribution is 2.32. The molecule has 0 radical (unpaired) electrons. The predicted octanol–water partition coefficient (Wildman–Crippen LogP) is -0.634. The summed E-state index contributed by atoms with van der Waals surface area (Å²) in [5, 5.41) is 0. The summed E-state index contributed by atoms with van der Waals surface area (Å²) in [5.41, 5.74) is 2.43. The second-order valence-corrected chi connectivity index (χ2v) is 8.16. The minimum atomic E-state index is 0.234. The Morgan fingerprint density at radius 2 is 1.90 bits per heavy atom. The zero-order valence-corrected chi connectivity index (χ0v) is 17.8. The highest BCUT2D eigenvalue weighted by Gasteiger charge is 2.26. The lowest BCUT2D eigenvalue weighted by Crippen LogP contribution is -3.14. The molecule has 2 aromatic rings. The number of methoxy groups -OCH3 is 1. The van der Waals surface area contributed by atoms with E-state index in [0.29, 0.717) is 13.3 Å². The van der Waals surface area contributed by atoms with E-state index in [1.165, 1.54) is 20.9 Å². The zero-order valence-electron chi connectivity index (χ0n) is 17.8. The van der Waals surface area contributed by atoms with Gasteiger partial charge in [0.1, 0.15) is 18.8 Å². The van der Waals surface area contributed by atoms with Crippen molar-refractivity contribution in [3.8, 4) is 17.2 Å². The fraction of sp³-hybridized carbons (Fsp3) is 0.435. The number of quaternary nitrogens is 2. The largest absolute Gasteiger partial charge is 0.497 e. The third kappa shape index (κ3) is 5.04. The van der Waals surface area contributed by atoms with E-state index in [2.05, 4.69) is 25.2 Å². The van der Waals surface area contributed by atoms with Crippen LogP contribution in [0.3, 0.4) is 0 Å². The first kappa shape index (κ1) is 20.5. The van der Waals surface area contributed by atoms with Crippen molar-refractivity contribution in [3.63, 3.8) is 0 Å². The monoisotopic (exact) mass is 413 g/mol.